The summed E-state index contributed by atoms with van der Waals surface area (Å²) in [5.41, 5.74) is 1.17. The minimum absolute atomic E-state index is 0.00952. The average Bonchev–Trinajstić information content (AvgIpc) is 2.59. The Hall–Kier alpha value is -1.63. The number of likely N-dealkylation sites (tertiary alicyclic amines) is 1. The number of benzene rings is 1. The Bertz CT molecular complexity index is 582. The third-order valence-electron chi connectivity index (χ3n) is 4.98. The van der Waals surface area contributed by atoms with E-state index in [0.29, 0.717) is 6.61 Å². The lowest BCUT2D eigenvalue weighted by molar-refractivity contribution is -0.200. The lowest BCUT2D eigenvalue weighted by Crippen LogP contribution is -2.65. The third kappa shape index (κ3) is 4.51. The van der Waals surface area contributed by atoms with Gasteiger partial charge in [0.1, 0.15) is 12.4 Å². The highest BCUT2D eigenvalue weighted by Gasteiger charge is 2.47. The standard InChI is InChI=1S/C19H28N2O4/c1-20(2)18(22)12-24-17-8-9-25-19(10-17)13-21(14-19)11-15-4-6-16(23-3)7-5-15/h4-7,17H,8-14H2,1-3H3/t17-/m0/s1. The molecule has 1 atom stereocenters. The van der Waals surface area contributed by atoms with Crippen molar-refractivity contribution in [1.82, 2.24) is 9.80 Å². The maximum absolute atomic E-state index is 11.7. The second kappa shape index (κ2) is 7.72. The number of likely N-dealkylation sites (N-methyl/N-ethyl adjacent to an activating group) is 1. The van der Waals surface area contributed by atoms with Crippen LogP contribution in [0.4, 0.5) is 0 Å². The SMILES string of the molecule is COc1ccc(CN2CC3(C[C@@H](OCC(=O)N(C)C)CCO3)C2)cc1. The Labute approximate surface area is 149 Å². The summed E-state index contributed by atoms with van der Waals surface area (Å²) in [6, 6.07) is 8.19. The number of nitrogens with zero attached hydrogens (tertiary/aromatic N) is 2. The van der Waals surface area contributed by atoms with Gasteiger partial charge in [0.15, 0.2) is 0 Å². The summed E-state index contributed by atoms with van der Waals surface area (Å²) in [7, 11) is 5.18. The van der Waals surface area contributed by atoms with Gasteiger partial charge in [-0.15, -0.1) is 0 Å². The number of hydrogen-bond donors (Lipinski definition) is 0. The van der Waals surface area contributed by atoms with Crippen LogP contribution in [0.5, 0.6) is 5.75 Å². The number of ether oxygens (including phenoxy) is 3. The molecule has 0 aliphatic carbocycles. The van der Waals surface area contributed by atoms with Crippen molar-refractivity contribution in [3.8, 4) is 5.75 Å². The first-order valence-electron chi connectivity index (χ1n) is 8.81. The van der Waals surface area contributed by atoms with Crippen molar-refractivity contribution in [2.24, 2.45) is 0 Å². The first-order chi connectivity index (χ1) is 12.0. The molecule has 6 nitrogen and oxygen atoms in total. The first-order valence-corrected chi connectivity index (χ1v) is 8.81. The maximum atomic E-state index is 11.7. The molecule has 25 heavy (non-hydrogen) atoms. The first kappa shape index (κ1) is 18.2. The molecule has 0 N–H and O–H groups in total. The van der Waals surface area contributed by atoms with E-state index in [0.717, 1.165) is 38.2 Å². The maximum Gasteiger partial charge on any atom is 0.248 e. The molecule has 2 heterocycles. The summed E-state index contributed by atoms with van der Waals surface area (Å²) in [5, 5.41) is 0. The number of rotatable bonds is 6. The monoisotopic (exact) mass is 348 g/mol. The predicted octanol–water partition coefficient (Wildman–Crippen LogP) is 1.53. The van der Waals surface area contributed by atoms with Gasteiger partial charge in [0, 0.05) is 46.8 Å². The quantitative estimate of drug-likeness (QED) is 0.780. The molecule has 2 aliphatic heterocycles. The van der Waals surface area contributed by atoms with E-state index in [4.69, 9.17) is 14.2 Å². The Morgan fingerprint density at radius 1 is 1.32 bits per heavy atom. The molecule has 0 bridgehead atoms. The van der Waals surface area contributed by atoms with E-state index in [1.807, 2.05) is 12.1 Å². The lowest BCUT2D eigenvalue weighted by atomic mass is 9.84. The summed E-state index contributed by atoms with van der Waals surface area (Å²) >= 11 is 0. The van der Waals surface area contributed by atoms with Crippen molar-refractivity contribution in [2.45, 2.75) is 31.1 Å². The second-order valence-electron chi connectivity index (χ2n) is 7.24. The van der Waals surface area contributed by atoms with Crippen LogP contribution >= 0.6 is 0 Å². The summed E-state index contributed by atoms with van der Waals surface area (Å²) < 4.78 is 17.1. The van der Waals surface area contributed by atoms with Crippen LogP contribution < -0.4 is 4.74 Å². The molecular weight excluding hydrogens is 320 g/mol. The molecule has 1 aromatic carbocycles. The van der Waals surface area contributed by atoms with Crippen molar-refractivity contribution >= 4 is 5.91 Å². The highest BCUT2D eigenvalue weighted by Crippen LogP contribution is 2.36. The smallest absolute Gasteiger partial charge is 0.248 e. The molecule has 2 aliphatic rings. The largest absolute Gasteiger partial charge is 0.497 e. The molecule has 0 radical (unpaired) electrons. The highest BCUT2D eigenvalue weighted by molar-refractivity contribution is 5.76. The van der Waals surface area contributed by atoms with Gasteiger partial charge in [-0.3, -0.25) is 9.69 Å². The fourth-order valence-electron chi connectivity index (χ4n) is 3.53. The molecule has 2 saturated heterocycles. The van der Waals surface area contributed by atoms with Crippen LogP contribution in [0.3, 0.4) is 0 Å². The van der Waals surface area contributed by atoms with E-state index in [9.17, 15) is 4.79 Å². The van der Waals surface area contributed by atoms with Gasteiger partial charge in [0.25, 0.3) is 0 Å². The normalized spacial score (nSPS) is 22.4. The van der Waals surface area contributed by atoms with Crippen molar-refractivity contribution in [1.29, 1.82) is 0 Å². The lowest BCUT2D eigenvalue weighted by Gasteiger charge is -2.53. The van der Waals surface area contributed by atoms with E-state index in [2.05, 4.69) is 17.0 Å². The zero-order chi connectivity index (χ0) is 17.9. The van der Waals surface area contributed by atoms with Gasteiger partial charge in [-0.05, 0) is 24.1 Å². The van der Waals surface area contributed by atoms with Crippen LogP contribution in [-0.4, -0.2) is 74.9 Å². The van der Waals surface area contributed by atoms with E-state index in [1.165, 1.54) is 5.56 Å². The molecule has 2 fully saturated rings. The molecule has 1 amide bonds. The van der Waals surface area contributed by atoms with Crippen molar-refractivity contribution in [2.75, 3.05) is 47.5 Å². The molecule has 0 unspecified atom stereocenters. The summed E-state index contributed by atoms with van der Waals surface area (Å²) in [4.78, 5) is 15.6. The van der Waals surface area contributed by atoms with Crippen LogP contribution in [-0.2, 0) is 20.8 Å². The molecule has 3 rings (SSSR count). The Balaban J connectivity index is 1.45. The number of hydrogen-bond acceptors (Lipinski definition) is 5. The van der Waals surface area contributed by atoms with Crippen molar-refractivity contribution in [3.05, 3.63) is 29.8 Å². The van der Waals surface area contributed by atoms with Crippen LogP contribution in [0.1, 0.15) is 18.4 Å². The van der Waals surface area contributed by atoms with E-state index in [1.54, 1.807) is 26.1 Å². The van der Waals surface area contributed by atoms with E-state index < -0.39 is 0 Å². The predicted molar refractivity (Wildman–Crippen MR) is 94.6 cm³/mol. The van der Waals surface area contributed by atoms with Crippen LogP contribution in [0, 0.1) is 0 Å². The number of amides is 1. The molecule has 0 aromatic heterocycles. The van der Waals surface area contributed by atoms with Crippen molar-refractivity contribution in [3.63, 3.8) is 0 Å². The van der Waals surface area contributed by atoms with Gasteiger partial charge in [0.2, 0.25) is 5.91 Å². The Morgan fingerprint density at radius 3 is 2.68 bits per heavy atom. The Morgan fingerprint density at radius 2 is 2.04 bits per heavy atom. The molecule has 0 saturated carbocycles. The topological polar surface area (TPSA) is 51.2 Å². The van der Waals surface area contributed by atoms with E-state index in [-0.39, 0.29) is 24.2 Å². The van der Waals surface area contributed by atoms with Gasteiger partial charge in [0.05, 0.1) is 18.8 Å². The summed E-state index contributed by atoms with van der Waals surface area (Å²) in [6.45, 7) is 3.61. The van der Waals surface area contributed by atoms with Crippen LogP contribution in [0.15, 0.2) is 24.3 Å². The zero-order valence-electron chi connectivity index (χ0n) is 15.4. The van der Waals surface area contributed by atoms with Crippen molar-refractivity contribution < 1.29 is 19.0 Å². The summed E-state index contributed by atoms with van der Waals surface area (Å²) in [5.74, 6) is 0.891. The fourth-order valence-corrected chi connectivity index (χ4v) is 3.53. The minimum Gasteiger partial charge on any atom is -0.497 e. The van der Waals surface area contributed by atoms with Crippen LogP contribution in [0.2, 0.25) is 0 Å². The van der Waals surface area contributed by atoms with Gasteiger partial charge in [-0.2, -0.15) is 0 Å². The molecule has 6 heteroatoms. The van der Waals surface area contributed by atoms with Gasteiger partial charge < -0.3 is 19.1 Å². The third-order valence-corrected chi connectivity index (χ3v) is 4.98. The molecule has 1 spiro atoms. The minimum atomic E-state index is -0.101. The van der Waals surface area contributed by atoms with Gasteiger partial charge >= 0.3 is 0 Å². The summed E-state index contributed by atoms with van der Waals surface area (Å²) in [6.07, 6.45) is 1.84. The van der Waals surface area contributed by atoms with Gasteiger partial charge in [-0.1, -0.05) is 12.1 Å². The average molecular weight is 348 g/mol. The fraction of sp³-hybridized carbons (Fsp3) is 0.632. The number of carbonyl (C=O) groups excluding carboxylic acids is 1. The zero-order valence-corrected chi connectivity index (χ0v) is 15.4. The molecule has 1 aromatic rings. The Kier molecular flexibility index (Phi) is 5.61. The number of methoxy groups -OCH3 is 1. The van der Waals surface area contributed by atoms with Crippen LogP contribution in [0.25, 0.3) is 0 Å². The van der Waals surface area contributed by atoms with E-state index >= 15 is 0 Å². The van der Waals surface area contributed by atoms with Gasteiger partial charge in [-0.25, -0.2) is 0 Å². The molecule has 138 valence electrons. The second-order valence-corrected chi connectivity index (χ2v) is 7.24. The highest BCUT2D eigenvalue weighted by atomic mass is 16.5. The molecular formula is C19H28N2O4. The number of carbonyl (C=O) groups is 1.